The van der Waals surface area contributed by atoms with Gasteiger partial charge in [-0.3, -0.25) is 0 Å². The van der Waals surface area contributed by atoms with Crippen molar-refractivity contribution >= 4 is 11.8 Å². The molecule has 0 spiro atoms. The lowest BCUT2D eigenvalue weighted by atomic mass is 9.97. The van der Waals surface area contributed by atoms with E-state index in [2.05, 4.69) is 5.10 Å². The van der Waals surface area contributed by atoms with Crippen LogP contribution in [-0.2, 0) is 0 Å². The quantitative estimate of drug-likeness (QED) is 0.532. The Labute approximate surface area is 79.2 Å². The van der Waals surface area contributed by atoms with Crippen LogP contribution in [-0.4, -0.2) is 28.5 Å². The van der Waals surface area contributed by atoms with Crippen molar-refractivity contribution in [3.63, 3.8) is 0 Å². The number of rotatable bonds is 2. The summed E-state index contributed by atoms with van der Waals surface area (Å²) in [5.41, 5.74) is 0.670. The van der Waals surface area contributed by atoms with E-state index < -0.39 is 6.09 Å². The third-order valence-corrected chi connectivity index (χ3v) is 1.17. The Hall–Kier alpha value is -1.06. The summed E-state index contributed by atoms with van der Waals surface area (Å²) in [6, 6.07) is 0. The van der Waals surface area contributed by atoms with E-state index in [1.165, 1.54) is 0 Å². The Morgan fingerprint density at radius 3 is 2.08 bits per heavy atom. The smallest absolute Gasteiger partial charge is 0.427 e. The Morgan fingerprint density at radius 1 is 1.38 bits per heavy atom. The molecule has 0 heterocycles. The Bertz CT molecular complexity index is 212. The lowest BCUT2D eigenvalue weighted by Crippen LogP contribution is -2.33. The zero-order chi connectivity index (χ0) is 10.6. The summed E-state index contributed by atoms with van der Waals surface area (Å²) < 4.78 is 0. The first kappa shape index (κ1) is 11.9. The van der Waals surface area contributed by atoms with Gasteiger partial charge in [0, 0.05) is 5.71 Å². The highest BCUT2D eigenvalue weighted by molar-refractivity contribution is 5.80. The fraction of sp³-hybridized carbons (Fsp3) is 0.778. The molecule has 0 rings (SSSR count). The predicted octanol–water partition coefficient (Wildman–Crippen LogP) is 2.41. The van der Waals surface area contributed by atoms with Gasteiger partial charge in [0.05, 0.1) is 6.54 Å². The van der Waals surface area contributed by atoms with Gasteiger partial charge in [-0.05, 0) is 19.3 Å². The molecule has 0 aliphatic rings. The Morgan fingerprint density at radius 2 is 1.85 bits per heavy atom. The molecule has 0 radical (unpaired) electrons. The van der Waals surface area contributed by atoms with Gasteiger partial charge in [-0.15, -0.1) is 0 Å². The molecule has 1 amide bonds. The predicted molar refractivity (Wildman–Crippen MR) is 53.0 cm³/mol. The largest absolute Gasteiger partial charge is 0.464 e. The van der Waals surface area contributed by atoms with Crippen LogP contribution in [0.4, 0.5) is 4.79 Å². The van der Waals surface area contributed by atoms with E-state index in [0.29, 0.717) is 6.54 Å². The van der Waals surface area contributed by atoms with Gasteiger partial charge in [0.15, 0.2) is 0 Å². The van der Waals surface area contributed by atoms with Crippen LogP contribution in [0.5, 0.6) is 0 Å². The van der Waals surface area contributed by atoms with Crippen LogP contribution in [0.25, 0.3) is 0 Å². The van der Waals surface area contributed by atoms with Crippen LogP contribution in [0.3, 0.4) is 0 Å². The van der Waals surface area contributed by atoms with E-state index in [4.69, 9.17) is 5.11 Å². The fourth-order valence-electron chi connectivity index (χ4n) is 0.836. The average Bonchev–Trinajstić information content (AvgIpc) is 1.81. The minimum Gasteiger partial charge on any atom is -0.464 e. The summed E-state index contributed by atoms with van der Waals surface area (Å²) in [6.45, 7) is 9.89. The molecule has 0 saturated carbocycles. The van der Waals surface area contributed by atoms with Gasteiger partial charge in [-0.1, -0.05) is 20.8 Å². The van der Waals surface area contributed by atoms with Crippen molar-refractivity contribution in [2.45, 2.75) is 34.6 Å². The molecule has 0 aliphatic carbocycles. The average molecular weight is 186 g/mol. The minimum atomic E-state index is -1.00. The number of hydrogen-bond donors (Lipinski definition) is 1. The number of hydrogen-bond acceptors (Lipinski definition) is 2. The van der Waals surface area contributed by atoms with Gasteiger partial charge in [0.2, 0.25) is 0 Å². The molecule has 0 unspecified atom stereocenters. The second-order valence-corrected chi connectivity index (χ2v) is 4.45. The molecular formula is C9H18N2O2. The maximum atomic E-state index is 10.7. The van der Waals surface area contributed by atoms with Gasteiger partial charge < -0.3 is 5.11 Å². The third-order valence-electron chi connectivity index (χ3n) is 1.17. The normalized spacial score (nSPS) is 10.8. The second kappa shape index (κ2) is 4.25. The minimum absolute atomic E-state index is 0.0721. The SMILES string of the molecule is CC(C)=NN(CC(C)(C)C)C(=O)O. The van der Waals surface area contributed by atoms with E-state index in [9.17, 15) is 4.79 Å². The zero-order valence-electron chi connectivity index (χ0n) is 8.96. The van der Waals surface area contributed by atoms with Gasteiger partial charge in [-0.25, -0.2) is 4.79 Å². The highest BCUT2D eigenvalue weighted by Gasteiger charge is 2.19. The second-order valence-electron chi connectivity index (χ2n) is 4.45. The molecule has 4 nitrogen and oxygen atoms in total. The van der Waals surface area contributed by atoms with E-state index >= 15 is 0 Å². The van der Waals surface area contributed by atoms with Gasteiger partial charge in [0.25, 0.3) is 0 Å². The van der Waals surface area contributed by atoms with E-state index in [1.54, 1.807) is 13.8 Å². The third kappa shape index (κ3) is 6.13. The number of nitrogens with zero attached hydrogens (tertiary/aromatic N) is 2. The number of carboxylic acid groups (broad SMARTS) is 1. The summed E-state index contributed by atoms with van der Waals surface area (Å²) in [5.74, 6) is 0. The van der Waals surface area contributed by atoms with Crippen molar-refractivity contribution in [2.24, 2.45) is 10.5 Å². The molecule has 0 saturated heterocycles. The standard InChI is InChI=1S/C9H18N2O2/c1-7(2)10-11(8(12)13)6-9(3,4)5/h6H2,1-5H3,(H,12,13). The summed E-state index contributed by atoms with van der Waals surface area (Å²) in [6.07, 6.45) is -1.00. The van der Waals surface area contributed by atoms with Crippen LogP contribution in [0.2, 0.25) is 0 Å². The highest BCUT2D eigenvalue weighted by atomic mass is 16.4. The van der Waals surface area contributed by atoms with Crippen LogP contribution in [0.15, 0.2) is 5.10 Å². The van der Waals surface area contributed by atoms with Crippen molar-refractivity contribution in [2.75, 3.05) is 6.54 Å². The molecule has 76 valence electrons. The molecule has 0 atom stereocenters. The Kier molecular flexibility index (Phi) is 3.91. The first-order valence-electron chi connectivity index (χ1n) is 4.24. The highest BCUT2D eigenvalue weighted by Crippen LogP contribution is 2.15. The van der Waals surface area contributed by atoms with Crippen molar-refractivity contribution in [3.05, 3.63) is 0 Å². The first-order chi connectivity index (χ1) is 5.72. The topological polar surface area (TPSA) is 52.9 Å². The van der Waals surface area contributed by atoms with Crippen LogP contribution >= 0.6 is 0 Å². The molecular weight excluding hydrogens is 168 g/mol. The molecule has 0 aliphatic heterocycles. The van der Waals surface area contributed by atoms with Crippen LogP contribution in [0, 0.1) is 5.41 Å². The van der Waals surface area contributed by atoms with Crippen molar-refractivity contribution in [1.29, 1.82) is 0 Å². The van der Waals surface area contributed by atoms with Gasteiger partial charge in [0.1, 0.15) is 0 Å². The van der Waals surface area contributed by atoms with E-state index in [0.717, 1.165) is 10.7 Å². The Balaban J connectivity index is 4.46. The molecule has 0 fully saturated rings. The summed E-state index contributed by atoms with van der Waals surface area (Å²) in [5, 5.41) is 13.8. The molecule has 1 N–H and O–H groups in total. The van der Waals surface area contributed by atoms with Crippen molar-refractivity contribution in [1.82, 2.24) is 5.01 Å². The fourth-order valence-corrected chi connectivity index (χ4v) is 0.836. The number of carbonyl (C=O) groups is 1. The number of amides is 1. The van der Waals surface area contributed by atoms with Gasteiger partial charge >= 0.3 is 6.09 Å². The van der Waals surface area contributed by atoms with Crippen LogP contribution in [0.1, 0.15) is 34.6 Å². The molecule has 0 aromatic carbocycles. The molecule has 0 bridgehead atoms. The van der Waals surface area contributed by atoms with E-state index in [-0.39, 0.29) is 5.41 Å². The lowest BCUT2D eigenvalue weighted by molar-refractivity contribution is 0.128. The summed E-state index contributed by atoms with van der Waals surface area (Å²) in [4.78, 5) is 10.7. The summed E-state index contributed by atoms with van der Waals surface area (Å²) >= 11 is 0. The lowest BCUT2D eigenvalue weighted by Gasteiger charge is -2.24. The van der Waals surface area contributed by atoms with Gasteiger partial charge in [-0.2, -0.15) is 10.1 Å². The molecule has 0 aromatic heterocycles. The van der Waals surface area contributed by atoms with Crippen molar-refractivity contribution < 1.29 is 9.90 Å². The number of hydrazone groups is 1. The van der Waals surface area contributed by atoms with Crippen LogP contribution < -0.4 is 0 Å². The molecule has 4 heteroatoms. The molecule has 13 heavy (non-hydrogen) atoms. The first-order valence-corrected chi connectivity index (χ1v) is 4.24. The van der Waals surface area contributed by atoms with E-state index in [1.807, 2.05) is 20.8 Å². The monoisotopic (exact) mass is 186 g/mol. The maximum Gasteiger partial charge on any atom is 0.427 e. The maximum absolute atomic E-state index is 10.7. The summed E-state index contributed by atoms with van der Waals surface area (Å²) in [7, 11) is 0. The van der Waals surface area contributed by atoms with Crippen molar-refractivity contribution in [3.8, 4) is 0 Å². The zero-order valence-corrected chi connectivity index (χ0v) is 8.96. The molecule has 0 aromatic rings.